The summed E-state index contributed by atoms with van der Waals surface area (Å²) in [4.78, 5) is 0. The molecule has 0 saturated carbocycles. The summed E-state index contributed by atoms with van der Waals surface area (Å²) in [6, 6.07) is 0. The maximum Gasteiger partial charge on any atom is 0.151 e. The van der Waals surface area contributed by atoms with Gasteiger partial charge in [0.15, 0.2) is 9.84 Å². The first kappa shape index (κ1) is 9.99. The van der Waals surface area contributed by atoms with Crippen LogP contribution in [0, 0.1) is 0 Å². The molecule has 0 radical (unpaired) electrons. The van der Waals surface area contributed by atoms with Crippen LogP contribution >= 0.6 is 0 Å². The van der Waals surface area contributed by atoms with E-state index in [1.165, 1.54) is 12.7 Å². The smallest absolute Gasteiger partial charge is 0.151 e. The molecule has 1 rings (SSSR count). The molecule has 0 bridgehead atoms. The maximum absolute atomic E-state index is 11.2. The van der Waals surface area contributed by atoms with Crippen LogP contribution in [-0.4, -0.2) is 33.0 Å². The van der Waals surface area contributed by atoms with E-state index in [0.29, 0.717) is 6.54 Å². The largest absolute Gasteiger partial charge is 0.315 e. The fourth-order valence-electron chi connectivity index (χ4n) is 1.53. The number of hydrogen-bond donors (Lipinski definition) is 1. The molecule has 0 aliphatic carbocycles. The van der Waals surface area contributed by atoms with Crippen LogP contribution in [0.15, 0.2) is 0 Å². The van der Waals surface area contributed by atoms with Gasteiger partial charge in [-0.25, -0.2) is 8.42 Å². The summed E-state index contributed by atoms with van der Waals surface area (Å²) in [5.74, 6) is 0. The average molecular weight is 191 g/mol. The normalized spacial score (nSPS) is 27.6. The van der Waals surface area contributed by atoms with Gasteiger partial charge in [-0.3, -0.25) is 0 Å². The maximum atomic E-state index is 11.2. The molecule has 0 aromatic rings. The third-order valence-electron chi connectivity index (χ3n) is 2.36. The molecule has 72 valence electrons. The highest BCUT2D eigenvalue weighted by atomic mass is 32.2. The zero-order valence-electron chi connectivity index (χ0n) is 7.54. The Labute approximate surface area is 74.5 Å². The molecule has 3 nitrogen and oxygen atoms in total. The van der Waals surface area contributed by atoms with Gasteiger partial charge in [-0.2, -0.15) is 0 Å². The van der Waals surface area contributed by atoms with E-state index in [1.54, 1.807) is 0 Å². The fourth-order valence-corrected chi connectivity index (χ4v) is 2.54. The van der Waals surface area contributed by atoms with Gasteiger partial charge in [0.05, 0.1) is 5.25 Å². The van der Waals surface area contributed by atoms with Crippen molar-refractivity contribution in [3.63, 3.8) is 0 Å². The highest BCUT2D eigenvalue weighted by Gasteiger charge is 2.20. The lowest BCUT2D eigenvalue weighted by atomic mass is 10.1. The number of nitrogens with one attached hydrogen (secondary N) is 1. The lowest BCUT2D eigenvalue weighted by molar-refractivity contribution is 0.500. The van der Waals surface area contributed by atoms with Crippen molar-refractivity contribution in [1.82, 2.24) is 5.32 Å². The van der Waals surface area contributed by atoms with E-state index in [-0.39, 0.29) is 5.25 Å². The summed E-state index contributed by atoms with van der Waals surface area (Å²) in [5.41, 5.74) is 0. The molecule has 0 amide bonds. The van der Waals surface area contributed by atoms with Crippen molar-refractivity contribution in [2.45, 2.75) is 30.9 Å². The number of hydrogen-bond acceptors (Lipinski definition) is 3. The Balaban J connectivity index is 2.51. The van der Waals surface area contributed by atoms with Crippen LogP contribution in [0.3, 0.4) is 0 Å². The minimum Gasteiger partial charge on any atom is -0.315 e. The Morgan fingerprint density at radius 2 is 2.00 bits per heavy atom. The molecular formula is C8H17NO2S. The van der Waals surface area contributed by atoms with E-state index in [0.717, 1.165) is 25.8 Å². The van der Waals surface area contributed by atoms with Crippen molar-refractivity contribution in [2.24, 2.45) is 0 Å². The summed E-state index contributed by atoms with van der Waals surface area (Å²) < 4.78 is 22.4. The fraction of sp³-hybridized carbons (Fsp3) is 1.00. The van der Waals surface area contributed by atoms with Crippen molar-refractivity contribution in [1.29, 1.82) is 0 Å². The van der Waals surface area contributed by atoms with Crippen molar-refractivity contribution in [3.8, 4) is 0 Å². The molecule has 1 fully saturated rings. The minimum atomic E-state index is -2.83. The van der Waals surface area contributed by atoms with Gasteiger partial charge in [-0.1, -0.05) is 12.8 Å². The lowest BCUT2D eigenvalue weighted by Crippen LogP contribution is -2.34. The molecule has 0 aromatic heterocycles. The van der Waals surface area contributed by atoms with Crippen molar-refractivity contribution < 1.29 is 8.42 Å². The van der Waals surface area contributed by atoms with Crippen molar-refractivity contribution in [3.05, 3.63) is 0 Å². The summed E-state index contributed by atoms with van der Waals surface area (Å²) in [6.45, 7) is 1.60. The summed E-state index contributed by atoms with van der Waals surface area (Å²) in [5, 5.41) is 3.01. The molecule has 1 atom stereocenters. The molecular weight excluding hydrogens is 174 g/mol. The first-order valence-corrected chi connectivity index (χ1v) is 6.46. The molecule has 4 heteroatoms. The Morgan fingerprint density at radius 1 is 1.25 bits per heavy atom. The van der Waals surface area contributed by atoms with Crippen LogP contribution in [0.4, 0.5) is 0 Å². The average Bonchev–Trinajstić information content (AvgIpc) is 1.81. The predicted octanol–water partition coefficient (Wildman–Crippen LogP) is 0.563. The second-order valence-corrected chi connectivity index (χ2v) is 5.83. The highest BCUT2D eigenvalue weighted by molar-refractivity contribution is 7.91. The van der Waals surface area contributed by atoms with Gasteiger partial charge in [-0.05, 0) is 19.4 Å². The van der Waals surface area contributed by atoms with Gasteiger partial charge >= 0.3 is 0 Å². The van der Waals surface area contributed by atoms with E-state index < -0.39 is 9.84 Å². The van der Waals surface area contributed by atoms with E-state index in [9.17, 15) is 8.42 Å². The Kier molecular flexibility index (Phi) is 3.53. The summed E-state index contributed by atoms with van der Waals surface area (Å²) in [7, 11) is -2.83. The third-order valence-corrected chi connectivity index (χ3v) is 3.97. The molecule has 0 aromatic carbocycles. The van der Waals surface area contributed by atoms with Gasteiger partial charge in [0.25, 0.3) is 0 Å². The van der Waals surface area contributed by atoms with Gasteiger partial charge in [-0.15, -0.1) is 0 Å². The number of rotatable bonds is 1. The van der Waals surface area contributed by atoms with Gasteiger partial charge in [0.1, 0.15) is 0 Å². The molecule has 1 aliphatic heterocycles. The van der Waals surface area contributed by atoms with Crippen molar-refractivity contribution in [2.75, 3.05) is 19.3 Å². The quantitative estimate of drug-likeness (QED) is 0.659. The Hall–Kier alpha value is -0.0900. The second-order valence-electron chi connectivity index (χ2n) is 3.50. The zero-order chi connectivity index (χ0) is 9.03. The Morgan fingerprint density at radius 3 is 2.67 bits per heavy atom. The minimum absolute atomic E-state index is 0.155. The molecule has 1 N–H and O–H groups in total. The topological polar surface area (TPSA) is 46.2 Å². The number of sulfone groups is 1. The predicted molar refractivity (Wildman–Crippen MR) is 50.0 cm³/mol. The monoisotopic (exact) mass is 191 g/mol. The van der Waals surface area contributed by atoms with E-state index in [4.69, 9.17) is 0 Å². The van der Waals surface area contributed by atoms with Crippen LogP contribution in [-0.2, 0) is 9.84 Å². The third kappa shape index (κ3) is 3.11. The molecule has 12 heavy (non-hydrogen) atoms. The SMILES string of the molecule is CS(=O)(=O)C1CCCCCNC1. The van der Waals surface area contributed by atoms with Gasteiger partial charge in [0.2, 0.25) is 0 Å². The van der Waals surface area contributed by atoms with E-state index in [1.807, 2.05) is 0 Å². The zero-order valence-corrected chi connectivity index (χ0v) is 8.36. The van der Waals surface area contributed by atoms with E-state index in [2.05, 4.69) is 5.32 Å². The van der Waals surface area contributed by atoms with Crippen LogP contribution in [0.5, 0.6) is 0 Å². The van der Waals surface area contributed by atoms with Crippen molar-refractivity contribution >= 4 is 9.84 Å². The highest BCUT2D eigenvalue weighted by Crippen LogP contribution is 2.11. The first-order chi connectivity index (χ1) is 5.61. The van der Waals surface area contributed by atoms with Gasteiger partial charge in [0, 0.05) is 12.8 Å². The molecule has 0 spiro atoms. The second kappa shape index (κ2) is 4.23. The summed E-state index contributed by atoms with van der Waals surface area (Å²) >= 11 is 0. The molecule has 1 heterocycles. The standard InChI is InChI=1S/C8H17NO2S/c1-12(10,11)8-5-3-2-4-6-9-7-8/h8-9H,2-7H2,1H3. The van der Waals surface area contributed by atoms with Crippen LogP contribution in [0.25, 0.3) is 0 Å². The Bertz CT molecular complexity index is 215. The molecule has 1 aliphatic rings. The van der Waals surface area contributed by atoms with E-state index >= 15 is 0 Å². The van der Waals surface area contributed by atoms with Crippen LogP contribution in [0.1, 0.15) is 25.7 Å². The first-order valence-electron chi connectivity index (χ1n) is 4.50. The summed E-state index contributed by atoms with van der Waals surface area (Å²) in [6.07, 6.45) is 5.54. The van der Waals surface area contributed by atoms with Crippen LogP contribution < -0.4 is 5.32 Å². The molecule has 1 unspecified atom stereocenters. The molecule has 1 saturated heterocycles. The van der Waals surface area contributed by atoms with Gasteiger partial charge < -0.3 is 5.32 Å². The van der Waals surface area contributed by atoms with Crippen LogP contribution in [0.2, 0.25) is 0 Å². The lowest BCUT2D eigenvalue weighted by Gasteiger charge is -2.18.